The molecule has 3 heterocycles. The minimum Gasteiger partial charge on any atom is -0.510 e. The quantitative estimate of drug-likeness (QED) is 0.101. The Labute approximate surface area is 394 Å². The summed E-state index contributed by atoms with van der Waals surface area (Å²) in [6.45, 7) is 6.80. The van der Waals surface area contributed by atoms with Crippen molar-refractivity contribution in [2.24, 2.45) is 5.92 Å². The monoisotopic (exact) mass is 1020 g/mol. The Balaban J connectivity index is 0.00000498. The number of ether oxygens (including phenoxy) is 1. The molecule has 0 N–H and O–H groups in total. The first-order valence-corrected chi connectivity index (χ1v) is 21.9. The Morgan fingerprint density at radius 1 is 0.538 bits per heavy atom. The summed E-state index contributed by atoms with van der Waals surface area (Å²) in [5.41, 5.74) is 13.8. The van der Waals surface area contributed by atoms with Crippen LogP contribution in [0.2, 0.25) is 0 Å². The fourth-order valence-corrected chi connectivity index (χ4v) is 8.89. The van der Waals surface area contributed by atoms with Crippen molar-refractivity contribution < 1.29 is 30.4 Å². The molecule has 3 aromatic heterocycles. The average molecular weight is 1020 g/mol. The van der Waals surface area contributed by atoms with Crippen LogP contribution in [0.1, 0.15) is 32.3 Å². The second-order valence-electron chi connectivity index (χ2n) is 16.7. The van der Waals surface area contributed by atoms with Crippen LogP contribution in [0.15, 0.2) is 200 Å². The Kier molecular flexibility index (Phi) is 11.3. The summed E-state index contributed by atoms with van der Waals surface area (Å²) in [5, 5.41) is 2.23. The number of pyridine rings is 1. The topological polar surface area (TPSA) is 35.9 Å². The molecule has 0 bridgehead atoms. The van der Waals surface area contributed by atoms with Gasteiger partial charge in [-0.25, -0.2) is 4.98 Å². The molecule has 0 spiro atoms. The first kappa shape index (κ1) is 41.7. The molecule has 0 saturated carbocycles. The van der Waals surface area contributed by atoms with E-state index in [0.717, 1.165) is 83.4 Å². The number of imidazole rings is 1. The van der Waals surface area contributed by atoms with E-state index in [-0.39, 0.29) is 21.1 Å². The van der Waals surface area contributed by atoms with Crippen LogP contribution in [0.3, 0.4) is 0 Å². The third-order valence-corrected chi connectivity index (χ3v) is 12.5. The van der Waals surface area contributed by atoms with Crippen LogP contribution >= 0.6 is 0 Å². The van der Waals surface area contributed by atoms with Crippen molar-refractivity contribution in [3.8, 4) is 62.1 Å². The zero-order valence-electron chi connectivity index (χ0n) is 36.2. The van der Waals surface area contributed by atoms with Crippen molar-refractivity contribution in [3.63, 3.8) is 0 Å². The van der Waals surface area contributed by atoms with Gasteiger partial charge in [0, 0.05) is 44.3 Å². The second-order valence-corrected chi connectivity index (χ2v) is 16.7. The summed E-state index contributed by atoms with van der Waals surface area (Å²) in [4.78, 5) is 4.89. The Morgan fingerprint density at radius 2 is 1.18 bits per heavy atom. The van der Waals surface area contributed by atoms with E-state index in [1.54, 1.807) is 0 Å². The molecular formula is C59H44N4OPt-2. The number of benzene rings is 8. The number of rotatable bonds is 10. The zero-order chi connectivity index (χ0) is 43.1. The molecule has 11 aromatic rings. The van der Waals surface area contributed by atoms with E-state index >= 15 is 0 Å². The van der Waals surface area contributed by atoms with Crippen molar-refractivity contribution in [3.05, 3.63) is 224 Å². The third kappa shape index (κ3) is 7.77. The normalized spacial score (nSPS) is 11.9. The van der Waals surface area contributed by atoms with Gasteiger partial charge < -0.3 is 13.9 Å². The number of para-hydroxylation sites is 2. The molecule has 0 aliphatic carbocycles. The smallest absolute Gasteiger partial charge is 0.268 e. The summed E-state index contributed by atoms with van der Waals surface area (Å²) >= 11 is 0. The molecule has 0 aliphatic heterocycles. The van der Waals surface area contributed by atoms with Gasteiger partial charge in [-0.3, -0.25) is 4.57 Å². The van der Waals surface area contributed by atoms with E-state index in [1.165, 1.54) is 5.56 Å². The molecule has 6 heteroatoms. The van der Waals surface area contributed by atoms with E-state index in [1.807, 2.05) is 24.4 Å². The first-order chi connectivity index (χ1) is 31.5. The fourth-order valence-electron chi connectivity index (χ4n) is 8.89. The van der Waals surface area contributed by atoms with Gasteiger partial charge in [0.2, 0.25) is 0 Å². The summed E-state index contributed by atoms with van der Waals surface area (Å²) in [6, 6.07) is 75.1. The van der Waals surface area contributed by atoms with E-state index in [2.05, 4.69) is 229 Å². The van der Waals surface area contributed by atoms with Crippen molar-refractivity contribution in [1.82, 2.24) is 14.1 Å². The van der Waals surface area contributed by atoms with Crippen LogP contribution in [0.5, 0.6) is 11.5 Å². The summed E-state index contributed by atoms with van der Waals surface area (Å²) in [6.07, 6.45) is 5.74. The molecule has 0 fully saturated rings. The molecule has 0 aliphatic rings. The fraction of sp³-hybridized carbons (Fsp3) is 0.0847. The van der Waals surface area contributed by atoms with E-state index < -0.39 is 0 Å². The number of hydrogen-bond acceptors (Lipinski definition) is 2. The maximum absolute atomic E-state index is 6.70. The van der Waals surface area contributed by atoms with Gasteiger partial charge >= 0.3 is 0 Å². The SMILES string of the molecule is CC(C)C(C)c1ccnc(-n2c3[c-]c(Oc4[c-]c(-n5[c-][n+](-c6c(-c7ccccc7)cccc6-c6ccccc6)c6ccc(-c7ccccc7)cc65)ccc4)ccc3c3ccccc32)c1.[Pt]. The zero-order valence-corrected chi connectivity index (χ0v) is 38.5. The van der Waals surface area contributed by atoms with Gasteiger partial charge in [0.05, 0.1) is 16.7 Å². The van der Waals surface area contributed by atoms with Gasteiger partial charge in [-0.1, -0.05) is 166 Å². The molecule has 0 saturated heterocycles. The minimum absolute atomic E-state index is 0. The molecule has 1 atom stereocenters. The van der Waals surface area contributed by atoms with E-state index in [0.29, 0.717) is 23.3 Å². The Morgan fingerprint density at radius 3 is 1.89 bits per heavy atom. The van der Waals surface area contributed by atoms with Gasteiger partial charge in [-0.15, -0.1) is 29.7 Å². The molecule has 65 heavy (non-hydrogen) atoms. The molecule has 318 valence electrons. The van der Waals surface area contributed by atoms with Crippen LogP contribution < -0.4 is 9.30 Å². The predicted molar refractivity (Wildman–Crippen MR) is 260 cm³/mol. The maximum Gasteiger partial charge on any atom is 0.268 e. The summed E-state index contributed by atoms with van der Waals surface area (Å²) in [7, 11) is 0. The first-order valence-electron chi connectivity index (χ1n) is 21.9. The van der Waals surface area contributed by atoms with E-state index in [4.69, 9.17) is 9.72 Å². The Bertz CT molecular complexity index is 3410. The second kappa shape index (κ2) is 17.7. The van der Waals surface area contributed by atoms with Crippen molar-refractivity contribution in [2.75, 3.05) is 0 Å². The van der Waals surface area contributed by atoms with Gasteiger partial charge in [-0.2, -0.15) is 18.2 Å². The van der Waals surface area contributed by atoms with Crippen LogP contribution in [-0.2, 0) is 21.1 Å². The molecule has 11 rings (SSSR count). The molecular weight excluding hydrogens is 976 g/mol. The number of hydrogen-bond donors (Lipinski definition) is 0. The average Bonchev–Trinajstić information content (AvgIpc) is 3.90. The van der Waals surface area contributed by atoms with Crippen LogP contribution in [0, 0.1) is 24.4 Å². The van der Waals surface area contributed by atoms with Gasteiger partial charge in [0.1, 0.15) is 5.82 Å². The minimum atomic E-state index is 0. The molecule has 5 nitrogen and oxygen atoms in total. The van der Waals surface area contributed by atoms with Crippen LogP contribution in [-0.4, -0.2) is 14.1 Å². The van der Waals surface area contributed by atoms with Crippen LogP contribution in [0.4, 0.5) is 0 Å². The van der Waals surface area contributed by atoms with Gasteiger partial charge in [0.25, 0.3) is 6.33 Å². The maximum atomic E-state index is 6.70. The predicted octanol–water partition coefficient (Wildman–Crippen LogP) is 14.4. The van der Waals surface area contributed by atoms with Crippen molar-refractivity contribution in [2.45, 2.75) is 26.7 Å². The molecule has 1 unspecified atom stereocenters. The largest absolute Gasteiger partial charge is 0.510 e. The van der Waals surface area contributed by atoms with E-state index in [9.17, 15) is 0 Å². The van der Waals surface area contributed by atoms with Gasteiger partial charge in [0.15, 0.2) is 0 Å². The van der Waals surface area contributed by atoms with Crippen molar-refractivity contribution >= 4 is 32.8 Å². The summed E-state index contributed by atoms with van der Waals surface area (Å²) < 4.78 is 13.2. The molecule has 8 aromatic carbocycles. The number of nitrogens with zero attached hydrogens (tertiary/aromatic N) is 4. The van der Waals surface area contributed by atoms with Crippen LogP contribution in [0.25, 0.3) is 83.4 Å². The number of aromatic nitrogens is 4. The summed E-state index contributed by atoms with van der Waals surface area (Å²) in [5.74, 6) is 2.91. The Hall–Kier alpha value is -7.33. The molecule has 0 radical (unpaired) electrons. The van der Waals surface area contributed by atoms with Crippen molar-refractivity contribution in [1.29, 1.82) is 0 Å². The van der Waals surface area contributed by atoms with Gasteiger partial charge in [-0.05, 0) is 86.1 Å². The molecule has 0 amide bonds. The number of fused-ring (bicyclic) bond motifs is 4. The standard InChI is InChI=1S/C59H44N4O.Pt/c1-40(2)41(3)45-33-34-60-58(36-45)63-54-28-14-13-25-52(54)53-31-30-49(38-56(53)63)64-48-24-15-23-47(37-48)61-39-62(55-32-29-46(35-57(55)61)42-17-7-4-8-18-42)59-50(43-19-9-5-10-20-43)26-16-27-51(59)44-21-11-6-12-22-44;/h4-36,40-41H,1-3H3;/q-2;. The third-order valence-electron chi connectivity index (χ3n) is 12.5.